The lowest BCUT2D eigenvalue weighted by Gasteiger charge is -2.30. The van der Waals surface area contributed by atoms with Crippen LogP contribution in [0.2, 0.25) is 0 Å². The molecule has 0 amide bonds. The van der Waals surface area contributed by atoms with Crippen LogP contribution in [0.4, 0.5) is 0 Å². The molecule has 3 heteroatoms. The molecule has 1 atom stereocenters. The van der Waals surface area contributed by atoms with Crippen LogP contribution in [0.25, 0.3) is 0 Å². The van der Waals surface area contributed by atoms with E-state index in [1.54, 1.807) is 0 Å². The van der Waals surface area contributed by atoms with Gasteiger partial charge in [0.2, 0.25) is 0 Å². The summed E-state index contributed by atoms with van der Waals surface area (Å²) in [5.41, 5.74) is 0. The first kappa shape index (κ1) is 15.2. The highest BCUT2D eigenvalue weighted by atomic mass is 16.5. The third-order valence-corrected chi connectivity index (χ3v) is 3.77. The molecular weight excluding hydrogens is 250 g/mol. The molecule has 2 rings (SSSR count). The number of nitrogens with zero attached hydrogens (tertiary/aromatic N) is 1. The maximum atomic E-state index is 5.86. The SMILES string of the molecule is CCOc1ccccc1OCCCN1CCC[C@@H](C)C1. The molecule has 1 aliphatic rings. The van der Waals surface area contributed by atoms with Crippen LogP contribution < -0.4 is 9.47 Å². The van der Waals surface area contributed by atoms with Gasteiger partial charge in [0.25, 0.3) is 0 Å². The molecule has 1 fully saturated rings. The predicted molar refractivity (Wildman–Crippen MR) is 82.6 cm³/mol. The van der Waals surface area contributed by atoms with E-state index in [0.717, 1.165) is 37.0 Å². The lowest BCUT2D eigenvalue weighted by Crippen LogP contribution is -2.35. The lowest BCUT2D eigenvalue weighted by molar-refractivity contribution is 0.169. The molecule has 1 aliphatic heterocycles. The summed E-state index contributed by atoms with van der Waals surface area (Å²) in [6.07, 6.45) is 3.80. The zero-order valence-corrected chi connectivity index (χ0v) is 12.8. The quantitative estimate of drug-likeness (QED) is 0.711. The molecule has 0 saturated carbocycles. The normalized spacial score (nSPS) is 19.8. The van der Waals surface area contributed by atoms with Crippen LogP contribution >= 0.6 is 0 Å². The summed E-state index contributed by atoms with van der Waals surface area (Å²) >= 11 is 0. The van der Waals surface area contributed by atoms with Gasteiger partial charge >= 0.3 is 0 Å². The van der Waals surface area contributed by atoms with E-state index in [1.807, 2.05) is 31.2 Å². The molecular formula is C17H27NO2. The number of para-hydroxylation sites is 2. The number of ether oxygens (including phenoxy) is 2. The van der Waals surface area contributed by atoms with Crippen molar-refractivity contribution in [2.24, 2.45) is 5.92 Å². The van der Waals surface area contributed by atoms with Gasteiger partial charge in [-0.1, -0.05) is 19.1 Å². The van der Waals surface area contributed by atoms with Crippen molar-refractivity contribution in [1.82, 2.24) is 4.90 Å². The van der Waals surface area contributed by atoms with Gasteiger partial charge in [0.1, 0.15) is 0 Å². The van der Waals surface area contributed by atoms with Crippen LogP contribution in [-0.2, 0) is 0 Å². The second-order valence-electron chi connectivity index (χ2n) is 5.63. The van der Waals surface area contributed by atoms with Crippen molar-refractivity contribution in [2.45, 2.75) is 33.1 Å². The van der Waals surface area contributed by atoms with Crippen LogP contribution in [0.15, 0.2) is 24.3 Å². The number of likely N-dealkylation sites (tertiary alicyclic amines) is 1. The van der Waals surface area contributed by atoms with E-state index in [0.29, 0.717) is 6.61 Å². The molecule has 0 radical (unpaired) electrons. The number of hydrogen-bond donors (Lipinski definition) is 0. The second kappa shape index (κ2) is 8.15. The van der Waals surface area contributed by atoms with Gasteiger partial charge in [-0.05, 0) is 50.8 Å². The number of benzene rings is 1. The third-order valence-electron chi connectivity index (χ3n) is 3.77. The monoisotopic (exact) mass is 277 g/mol. The highest BCUT2D eigenvalue weighted by Crippen LogP contribution is 2.26. The standard InChI is InChI=1S/C17H27NO2/c1-3-19-16-9-4-5-10-17(16)20-13-7-12-18-11-6-8-15(2)14-18/h4-5,9-10,15H,3,6-8,11-14H2,1-2H3/t15-/m1/s1. The van der Waals surface area contributed by atoms with Crippen molar-refractivity contribution in [3.8, 4) is 11.5 Å². The molecule has 1 aromatic rings. The van der Waals surface area contributed by atoms with Crippen molar-refractivity contribution in [3.63, 3.8) is 0 Å². The number of piperidine rings is 1. The van der Waals surface area contributed by atoms with Gasteiger partial charge in [-0.15, -0.1) is 0 Å². The van der Waals surface area contributed by atoms with E-state index in [1.165, 1.54) is 25.9 Å². The molecule has 0 aromatic heterocycles. The van der Waals surface area contributed by atoms with Gasteiger partial charge in [-0.3, -0.25) is 0 Å². The van der Waals surface area contributed by atoms with Crippen LogP contribution in [0.5, 0.6) is 11.5 Å². The lowest BCUT2D eigenvalue weighted by atomic mass is 10.0. The van der Waals surface area contributed by atoms with Crippen molar-refractivity contribution < 1.29 is 9.47 Å². The Balaban J connectivity index is 1.70. The van der Waals surface area contributed by atoms with E-state index in [2.05, 4.69) is 11.8 Å². The van der Waals surface area contributed by atoms with Crippen molar-refractivity contribution in [1.29, 1.82) is 0 Å². The number of hydrogen-bond acceptors (Lipinski definition) is 3. The maximum absolute atomic E-state index is 5.86. The first-order chi connectivity index (χ1) is 9.79. The molecule has 3 nitrogen and oxygen atoms in total. The highest BCUT2D eigenvalue weighted by molar-refractivity contribution is 5.39. The molecule has 112 valence electrons. The Kier molecular flexibility index (Phi) is 6.19. The molecule has 1 saturated heterocycles. The Hall–Kier alpha value is -1.22. The minimum absolute atomic E-state index is 0.673. The van der Waals surface area contributed by atoms with E-state index in [4.69, 9.17) is 9.47 Å². The van der Waals surface area contributed by atoms with Crippen LogP contribution in [0.1, 0.15) is 33.1 Å². The molecule has 0 unspecified atom stereocenters. The minimum Gasteiger partial charge on any atom is -0.490 e. The second-order valence-corrected chi connectivity index (χ2v) is 5.63. The minimum atomic E-state index is 0.673. The molecule has 1 heterocycles. The summed E-state index contributed by atoms with van der Waals surface area (Å²) < 4.78 is 11.4. The Morgan fingerprint density at radius 2 is 1.95 bits per heavy atom. The van der Waals surface area contributed by atoms with E-state index in [9.17, 15) is 0 Å². The van der Waals surface area contributed by atoms with Crippen molar-refractivity contribution in [2.75, 3.05) is 32.8 Å². The van der Waals surface area contributed by atoms with E-state index >= 15 is 0 Å². The summed E-state index contributed by atoms with van der Waals surface area (Å²) in [4.78, 5) is 2.56. The largest absolute Gasteiger partial charge is 0.490 e. The van der Waals surface area contributed by atoms with E-state index in [-0.39, 0.29) is 0 Å². The van der Waals surface area contributed by atoms with Crippen molar-refractivity contribution in [3.05, 3.63) is 24.3 Å². The summed E-state index contributed by atoms with van der Waals surface area (Å²) in [5, 5.41) is 0. The molecule has 0 bridgehead atoms. The third kappa shape index (κ3) is 4.71. The molecule has 0 aliphatic carbocycles. The zero-order chi connectivity index (χ0) is 14.2. The smallest absolute Gasteiger partial charge is 0.161 e. The fourth-order valence-electron chi connectivity index (χ4n) is 2.80. The summed E-state index contributed by atoms with van der Waals surface area (Å²) in [6, 6.07) is 7.91. The first-order valence-electron chi connectivity index (χ1n) is 7.86. The summed E-state index contributed by atoms with van der Waals surface area (Å²) in [6.45, 7) is 9.41. The van der Waals surface area contributed by atoms with Gasteiger partial charge in [-0.25, -0.2) is 0 Å². The number of rotatable bonds is 7. The van der Waals surface area contributed by atoms with Gasteiger partial charge < -0.3 is 14.4 Å². The van der Waals surface area contributed by atoms with Crippen LogP contribution in [-0.4, -0.2) is 37.7 Å². The van der Waals surface area contributed by atoms with E-state index < -0.39 is 0 Å². The molecule has 0 N–H and O–H groups in total. The van der Waals surface area contributed by atoms with Crippen LogP contribution in [0.3, 0.4) is 0 Å². The first-order valence-corrected chi connectivity index (χ1v) is 7.86. The Labute approximate surface area is 122 Å². The molecule has 1 aromatic carbocycles. The summed E-state index contributed by atoms with van der Waals surface area (Å²) in [7, 11) is 0. The topological polar surface area (TPSA) is 21.7 Å². The van der Waals surface area contributed by atoms with Gasteiger partial charge in [0.05, 0.1) is 13.2 Å². The Morgan fingerprint density at radius 1 is 1.20 bits per heavy atom. The fraction of sp³-hybridized carbons (Fsp3) is 0.647. The predicted octanol–water partition coefficient (Wildman–Crippen LogP) is 3.59. The molecule has 20 heavy (non-hydrogen) atoms. The summed E-state index contributed by atoms with van der Waals surface area (Å²) in [5.74, 6) is 2.56. The highest BCUT2D eigenvalue weighted by Gasteiger charge is 2.15. The van der Waals surface area contributed by atoms with Gasteiger partial charge in [0.15, 0.2) is 11.5 Å². The van der Waals surface area contributed by atoms with Crippen molar-refractivity contribution >= 4 is 0 Å². The molecule has 0 spiro atoms. The van der Waals surface area contributed by atoms with Gasteiger partial charge in [0, 0.05) is 13.1 Å². The Morgan fingerprint density at radius 3 is 2.65 bits per heavy atom. The maximum Gasteiger partial charge on any atom is 0.161 e. The average molecular weight is 277 g/mol. The Bertz CT molecular complexity index is 394. The van der Waals surface area contributed by atoms with Gasteiger partial charge in [-0.2, -0.15) is 0 Å². The average Bonchev–Trinajstić information content (AvgIpc) is 2.46. The van der Waals surface area contributed by atoms with Crippen LogP contribution in [0, 0.1) is 5.92 Å². The fourth-order valence-corrected chi connectivity index (χ4v) is 2.80. The zero-order valence-electron chi connectivity index (χ0n) is 12.8.